The van der Waals surface area contributed by atoms with Crippen molar-refractivity contribution in [3.8, 4) is 0 Å². The van der Waals surface area contributed by atoms with Crippen LogP contribution in [0.1, 0.15) is 34.6 Å². The van der Waals surface area contributed by atoms with Gasteiger partial charge in [-0.25, -0.2) is 0 Å². The summed E-state index contributed by atoms with van der Waals surface area (Å²) in [6, 6.07) is 0. The van der Waals surface area contributed by atoms with E-state index in [1.807, 2.05) is 6.92 Å². The van der Waals surface area contributed by atoms with E-state index in [0.717, 1.165) is 17.8 Å². The second kappa shape index (κ2) is 15.0. The molecule has 0 rings (SSSR count). The molecule has 0 aromatic rings. The van der Waals surface area contributed by atoms with Gasteiger partial charge in [0.2, 0.25) is 11.8 Å². The maximum Gasteiger partial charge on any atom is 0.220 e. The van der Waals surface area contributed by atoms with Crippen LogP contribution >= 0.6 is 11.8 Å². The third kappa shape index (κ3) is 14.9. The Kier molecular flexibility index (Phi) is 18.2. The van der Waals surface area contributed by atoms with E-state index in [1.54, 1.807) is 18.8 Å². The SMILES string of the molecule is C.C.CNC(=O)CCC(=O)NCCSCC(C)C=O. The van der Waals surface area contributed by atoms with Gasteiger partial charge in [0.15, 0.2) is 0 Å². The summed E-state index contributed by atoms with van der Waals surface area (Å²) in [6.45, 7) is 2.44. The number of thioether (sulfide) groups is 1. The summed E-state index contributed by atoms with van der Waals surface area (Å²) in [4.78, 5) is 32.5. The van der Waals surface area contributed by atoms with Crippen molar-refractivity contribution in [1.82, 2.24) is 10.6 Å². The van der Waals surface area contributed by atoms with Gasteiger partial charge in [-0.2, -0.15) is 11.8 Å². The van der Waals surface area contributed by atoms with Gasteiger partial charge in [0.25, 0.3) is 0 Å². The molecular formula is C13H28N2O3S. The Hall–Kier alpha value is -1.04. The summed E-state index contributed by atoms with van der Waals surface area (Å²) in [6.07, 6.45) is 1.36. The molecule has 0 aromatic heterocycles. The first-order valence-electron chi connectivity index (χ1n) is 5.60. The van der Waals surface area contributed by atoms with Gasteiger partial charge < -0.3 is 15.4 Å². The van der Waals surface area contributed by atoms with Gasteiger partial charge in [-0.1, -0.05) is 21.8 Å². The Bertz CT molecular complexity index is 260. The number of amides is 2. The molecule has 6 heteroatoms. The zero-order chi connectivity index (χ0) is 13.1. The normalized spacial score (nSPS) is 10.4. The molecule has 0 aliphatic rings. The van der Waals surface area contributed by atoms with Crippen molar-refractivity contribution >= 4 is 29.9 Å². The van der Waals surface area contributed by atoms with Crippen molar-refractivity contribution in [2.24, 2.45) is 5.92 Å². The van der Waals surface area contributed by atoms with Crippen LogP contribution in [0.2, 0.25) is 0 Å². The van der Waals surface area contributed by atoms with Gasteiger partial charge in [-0.15, -0.1) is 0 Å². The number of hydrogen-bond donors (Lipinski definition) is 2. The van der Waals surface area contributed by atoms with E-state index in [1.165, 1.54) is 0 Å². The number of aldehydes is 1. The summed E-state index contributed by atoms with van der Waals surface area (Å²) in [5, 5.41) is 5.19. The van der Waals surface area contributed by atoms with Gasteiger partial charge in [0, 0.05) is 43.9 Å². The molecule has 2 amide bonds. The summed E-state index contributed by atoms with van der Waals surface area (Å²) >= 11 is 1.63. The lowest BCUT2D eigenvalue weighted by molar-refractivity contribution is -0.126. The second-order valence-electron chi connectivity index (χ2n) is 3.71. The molecule has 19 heavy (non-hydrogen) atoms. The fourth-order valence-electron chi connectivity index (χ4n) is 1.01. The van der Waals surface area contributed by atoms with E-state index in [0.29, 0.717) is 6.54 Å². The minimum absolute atomic E-state index is 0. The van der Waals surface area contributed by atoms with Crippen LogP contribution in [0.4, 0.5) is 0 Å². The molecule has 5 nitrogen and oxygen atoms in total. The lowest BCUT2D eigenvalue weighted by atomic mass is 10.3. The zero-order valence-corrected chi connectivity index (χ0v) is 11.1. The molecule has 0 spiro atoms. The number of carbonyl (C=O) groups excluding carboxylic acids is 3. The van der Waals surface area contributed by atoms with Crippen LogP contribution in [0.25, 0.3) is 0 Å². The monoisotopic (exact) mass is 292 g/mol. The fourth-order valence-corrected chi connectivity index (χ4v) is 1.87. The molecule has 0 saturated carbocycles. The smallest absolute Gasteiger partial charge is 0.220 e. The first kappa shape index (κ1) is 23.1. The molecule has 0 aliphatic carbocycles. The maximum absolute atomic E-state index is 11.3. The molecule has 0 bridgehead atoms. The van der Waals surface area contributed by atoms with E-state index < -0.39 is 0 Å². The fraction of sp³-hybridized carbons (Fsp3) is 0.769. The van der Waals surface area contributed by atoms with Crippen LogP contribution in [0.5, 0.6) is 0 Å². The molecule has 0 aromatic carbocycles. The molecule has 2 N–H and O–H groups in total. The Morgan fingerprint density at radius 1 is 1.21 bits per heavy atom. The van der Waals surface area contributed by atoms with Crippen LogP contribution in [0.15, 0.2) is 0 Å². The summed E-state index contributed by atoms with van der Waals surface area (Å²) < 4.78 is 0. The lowest BCUT2D eigenvalue weighted by Crippen LogP contribution is -2.28. The highest BCUT2D eigenvalue weighted by Gasteiger charge is 2.04. The standard InChI is InChI=1S/C11H20N2O3S.2CH4/c1-9(7-14)8-17-6-5-13-11(16)4-3-10(15)12-2;;/h7,9H,3-6,8H2,1-2H3,(H,12,15)(H,13,16);2*1H4. The van der Waals surface area contributed by atoms with Crippen LogP contribution in [0.3, 0.4) is 0 Å². The highest BCUT2D eigenvalue weighted by molar-refractivity contribution is 7.99. The van der Waals surface area contributed by atoms with Crippen molar-refractivity contribution in [1.29, 1.82) is 0 Å². The topological polar surface area (TPSA) is 75.3 Å². The summed E-state index contributed by atoms with van der Waals surface area (Å²) in [5.41, 5.74) is 0. The van der Waals surface area contributed by atoms with Crippen LogP contribution < -0.4 is 10.6 Å². The van der Waals surface area contributed by atoms with E-state index in [2.05, 4.69) is 10.6 Å². The Labute approximate surface area is 121 Å². The number of hydrogen-bond acceptors (Lipinski definition) is 4. The van der Waals surface area contributed by atoms with Gasteiger partial charge >= 0.3 is 0 Å². The molecule has 0 fully saturated rings. The largest absolute Gasteiger partial charge is 0.359 e. The molecule has 0 saturated heterocycles. The highest BCUT2D eigenvalue weighted by Crippen LogP contribution is 2.04. The minimum atomic E-state index is -0.130. The van der Waals surface area contributed by atoms with Crippen LogP contribution in [-0.2, 0) is 14.4 Å². The van der Waals surface area contributed by atoms with E-state index >= 15 is 0 Å². The first-order chi connectivity index (χ1) is 8.10. The molecule has 1 atom stereocenters. The van der Waals surface area contributed by atoms with Gasteiger partial charge in [-0.05, 0) is 0 Å². The van der Waals surface area contributed by atoms with Gasteiger partial charge in [0.05, 0.1) is 0 Å². The van der Waals surface area contributed by atoms with Crippen molar-refractivity contribution in [3.63, 3.8) is 0 Å². The predicted octanol–water partition coefficient (Wildman–Crippen LogP) is 1.47. The minimum Gasteiger partial charge on any atom is -0.359 e. The Balaban J connectivity index is -0.00000128. The number of nitrogens with one attached hydrogen (secondary N) is 2. The second-order valence-corrected chi connectivity index (χ2v) is 4.86. The van der Waals surface area contributed by atoms with Crippen molar-refractivity contribution in [2.45, 2.75) is 34.6 Å². The average molecular weight is 292 g/mol. The third-order valence-electron chi connectivity index (χ3n) is 2.04. The molecule has 0 aliphatic heterocycles. The zero-order valence-electron chi connectivity index (χ0n) is 10.3. The number of rotatable bonds is 9. The van der Waals surface area contributed by atoms with Crippen molar-refractivity contribution in [2.75, 3.05) is 25.1 Å². The van der Waals surface area contributed by atoms with Gasteiger partial charge in [0.1, 0.15) is 6.29 Å². The number of carbonyl (C=O) groups is 3. The molecular weight excluding hydrogens is 264 g/mol. The lowest BCUT2D eigenvalue weighted by Gasteiger charge is -2.06. The van der Waals surface area contributed by atoms with E-state index in [4.69, 9.17) is 0 Å². The van der Waals surface area contributed by atoms with Crippen molar-refractivity contribution in [3.05, 3.63) is 0 Å². The van der Waals surface area contributed by atoms with Crippen LogP contribution in [-0.4, -0.2) is 43.2 Å². The quantitative estimate of drug-likeness (QED) is 0.498. The van der Waals surface area contributed by atoms with E-state index in [-0.39, 0.29) is 45.4 Å². The first-order valence-corrected chi connectivity index (χ1v) is 6.76. The van der Waals surface area contributed by atoms with Crippen LogP contribution in [0, 0.1) is 5.92 Å². The molecule has 0 heterocycles. The Morgan fingerprint density at radius 3 is 2.32 bits per heavy atom. The van der Waals surface area contributed by atoms with E-state index in [9.17, 15) is 14.4 Å². The van der Waals surface area contributed by atoms with Gasteiger partial charge in [-0.3, -0.25) is 9.59 Å². The van der Waals surface area contributed by atoms with Crippen molar-refractivity contribution < 1.29 is 14.4 Å². The Morgan fingerprint density at radius 2 is 1.79 bits per heavy atom. The maximum atomic E-state index is 11.3. The third-order valence-corrected chi connectivity index (χ3v) is 3.29. The summed E-state index contributed by atoms with van der Waals surface area (Å²) in [7, 11) is 1.55. The average Bonchev–Trinajstić information content (AvgIpc) is 2.34. The molecule has 114 valence electrons. The highest BCUT2D eigenvalue weighted by atomic mass is 32.2. The predicted molar refractivity (Wildman–Crippen MR) is 82.3 cm³/mol. The molecule has 1 unspecified atom stereocenters. The summed E-state index contributed by atoms with van der Waals surface area (Å²) in [5.74, 6) is 1.37. The molecule has 0 radical (unpaired) electrons.